The molecule has 4 aliphatic rings. The lowest BCUT2D eigenvalue weighted by atomic mass is 9.72. The van der Waals surface area contributed by atoms with Gasteiger partial charge in [0.25, 0.3) is 0 Å². The summed E-state index contributed by atoms with van der Waals surface area (Å²) in [6.07, 6.45) is 8.23. The number of ether oxygens (including phenoxy) is 3. The van der Waals surface area contributed by atoms with Gasteiger partial charge in [0.1, 0.15) is 11.6 Å². The molecule has 40 heavy (non-hydrogen) atoms. The second-order valence-electron chi connectivity index (χ2n) is 11.5. The molecule has 208 valence electrons. The van der Waals surface area contributed by atoms with Gasteiger partial charge in [-0.1, -0.05) is 23.4 Å². The molecular weight excluding hydrogens is 511 g/mol. The maximum atomic E-state index is 14.0. The fraction of sp³-hybridized carbons (Fsp3) is 0.419. The summed E-state index contributed by atoms with van der Waals surface area (Å²) >= 11 is 0. The van der Waals surface area contributed by atoms with Crippen LogP contribution >= 0.6 is 0 Å². The molecule has 3 aromatic rings. The molecule has 0 amide bonds. The molecular formula is C31H33FN4O4. The molecule has 5 heterocycles. The van der Waals surface area contributed by atoms with Gasteiger partial charge in [-0.05, 0) is 60.4 Å². The minimum absolute atomic E-state index is 0.00874. The number of aryl methyl sites for hydroxylation is 1. The van der Waals surface area contributed by atoms with E-state index >= 15 is 0 Å². The van der Waals surface area contributed by atoms with Gasteiger partial charge in [0.15, 0.2) is 11.4 Å². The third-order valence-corrected chi connectivity index (χ3v) is 8.63. The lowest BCUT2D eigenvalue weighted by Crippen LogP contribution is -2.63. The normalized spacial score (nSPS) is 23.9. The number of hydrogen-bond acceptors (Lipinski definition) is 7. The van der Waals surface area contributed by atoms with Crippen LogP contribution in [-0.2, 0) is 14.3 Å². The molecule has 0 aliphatic carbocycles. The Morgan fingerprint density at radius 1 is 1.07 bits per heavy atom. The van der Waals surface area contributed by atoms with Gasteiger partial charge in [-0.15, -0.1) is 0 Å². The third-order valence-electron chi connectivity index (χ3n) is 8.63. The summed E-state index contributed by atoms with van der Waals surface area (Å²) in [5, 5.41) is 4.79. The van der Waals surface area contributed by atoms with E-state index < -0.39 is 5.60 Å². The van der Waals surface area contributed by atoms with E-state index in [0.29, 0.717) is 26.4 Å². The van der Waals surface area contributed by atoms with Crippen molar-refractivity contribution in [1.29, 1.82) is 0 Å². The number of hydrogen-bond donors (Lipinski definition) is 0. The van der Waals surface area contributed by atoms with Gasteiger partial charge in [0.05, 0.1) is 57.3 Å². The van der Waals surface area contributed by atoms with Gasteiger partial charge >= 0.3 is 0 Å². The van der Waals surface area contributed by atoms with E-state index in [4.69, 9.17) is 24.2 Å². The molecule has 7 rings (SSSR count). The topological polar surface area (TPSA) is 70.3 Å². The summed E-state index contributed by atoms with van der Waals surface area (Å²) in [5.74, 6) is 1.34. The fourth-order valence-corrected chi connectivity index (χ4v) is 6.61. The zero-order valence-corrected chi connectivity index (χ0v) is 22.8. The maximum absolute atomic E-state index is 14.0. The van der Waals surface area contributed by atoms with E-state index in [2.05, 4.69) is 22.0 Å². The van der Waals surface area contributed by atoms with Gasteiger partial charge in [0.2, 0.25) is 0 Å². The zero-order valence-electron chi connectivity index (χ0n) is 22.8. The predicted molar refractivity (Wildman–Crippen MR) is 148 cm³/mol. The smallest absolute Gasteiger partial charge is 0.172 e. The lowest BCUT2D eigenvalue weighted by molar-refractivity contribution is -0.181. The van der Waals surface area contributed by atoms with Gasteiger partial charge in [-0.2, -0.15) is 0 Å². The quantitative estimate of drug-likeness (QED) is 0.457. The molecule has 2 aromatic carbocycles. The van der Waals surface area contributed by atoms with Crippen molar-refractivity contribution in [3.8, 4) is 11.4 Å². The molecule has 4 aliphatic heterocycles. The summed E-state index contributed by atoms with van der Waals surface area (Å²) in [6, 6.07) is 12.9. The highest BCUT2D eigenvalue weighted by Crippen LogP contribution is 2.51. The Bertz CT molecular complexity index is 1470. The number of methoxy groups -OCH3 is 1. The van der Waals surface area contributed by atoms with Crippen LogP contribution in [0.15, 0.2) is 65.7 Å². The van der Waals surface area contributed by atoms with Crippen molar-refractivity contribution < 1.29 is 23.4 Å². The number of aromatic nitrogens is 2. The van der Waals surface area contributed by atoms with Crippen LogP contribution < -0.4 is 4.74 Å². The van der Waals surface area contributed by atoms with Crippen LogP contribution in [-0.4, -0.2) is 66.0 Å². The van der Waals surface area contributed by atoms with Gasteiger partial charge < -0.3 is 28.5 Å². The minimum Gasteiger partial charge on any atom is -0.495 e. The molecule has 1 atom stereocenters. The molecule has 0 saturated carbocycles. The molecule has 8 nitrogen and oxygen atoms in total. The van der Waals surface area contributed by atoms with Crippen LogP contribution in [0.3, 0.4) is 0 Å². The van der Waals surface area contributed by atoms with Crippen molar-refractivity contribution in [2.45, 2.75) is 37.8 Å². The van der Waals surface area contributed by atoms with E-state index in [-0.39, 0.29) is 17.3 Å². The van der Waals surface area contributed by atoms with E-state index in [0.717, 1.165) is 65.5 Å². The molecule has 1 aromatic heterocycles. The van der Waals surface area contributed by atoms with E-state index in [1.54, 1.807) is 13.4 Å². The van der Waals surface area contributed by atoms with Crippen LogP contribution in [0.2, 0.25) is 0 Å². The van der Waals surface area contributed by atoms with Gasteiger partial charge in [-0.25, -0.2) is 9.37 Å². The van der Waals surface area contributed by atoms with Crippen LogP contribution in [0.25, 0.3) is 11.8 Å². The molecule has 9 heteroatoms. The highest BCUT2D eigenvalue weighted by molar-refractivity contribution is 6.03. The minimum atomic E-state index is -0.540. The van der Waals surface area contributed by atoms with Crippen molar-refractivity contribution in [2.24, 2.45) is 10.6 Å². The van der Waals surface area contributed by atoms with E-state index in [1.807, 2.05) is 42.0 Å². The number of nitrogens with zero attached hydrogens (tertiary/aromatic N) is 4. The highest BCUT2D eigenvalue weighted by atomic mass is 19.1. The van der Waals surface area contributed by atoms with E-state index in [9.17, 15) is 4.39 Å². The number of imidazole rings is 1. The Balaban J connectivity index is 1.31. The van der Waals surface area contributed by atoms with Crippen LogP contribution in [0.4, 0.5) is 4.39 Å². The summed E-state index contributed by atoms with van der Waals surface area (Å²) in [5.41, 5.74) is 4.45. The van der Waals surface area contributed by atoms with Crippen molar-refractivity contribution >= 4 is 11.9 Å². The monoisotopic (exact) mass is 544 g/mol. The molecule has 0 radical (unpaired) electrons. The number of oxime groups is 1. The van der Waals surface area contributed by atoms with E-state index in [1.165, 1.54) is 12.1 Å². The molecule has 0 N–H and O–H groups in total. The predicted octanol–water partition coefficient (Wildman–Crippen LogP) is 5.07. The van der Waals surface area contributed by atoms with Crippen LogP contribution in [0, 0.1) is 18.2 Å². The Kier molecular flexibility index (Phi) is 6.16. The average Bonchev–Trinajstić information content (AvgIpc) is 3.39. The molecule has 1 unspecified atom stereocenters. The van der Waals surface area contributed by atoms with Crippen molar-refractivity contribution in [1.82, 2.24) is 14.5 Å². The Hall–Kier alpha value is -3.69. The summed E-state index contributed by atoms with van der Waals surface area (Å²) in [4.78, 5) is 13.2. The zero-order chi connectivity index (χ0) is 27.3. The molecule has 3 fully saturated rings. The third kappa shape index (κ3) is 4.28. The molecule has 3 saturated heterocycles. The second kappa shape index (κ2) is 9.74. The van der Waals surface area contributed by atoms with Crippen molar-refractivity contribution in [3.05, 3.63) is 83.2 Å². The first-order chi connectivity index (χ1) is 19.5. The molecule has 0 bridgehead atoms. The Labute approximate surface area is 233 Å². The Morgan fingerprint density at radius 2 is 1.88 bits per heavy atom. The lowest BCUT2D eigenvalue weighted by Gasteiger charge is -2.57. The van der Waals surface area contributed by atoms with Gasteiger partial charge in [0, 0.05) is 31.0 Å². The highest BCUT2D eigenvalue weighted by Gasteiger charge is 2.56. The van der Waals surface area contributed by atoms with Crippen LogP contribution in [0.1, 0.15) is 42.1 Å². The number of halogens is 1. The second-order valence-corrected chi connectivity index (χ2v) is 11.5. The SMILES string of the molecule is COc1cc(C=C2CC3(COC3)CN3C2=NOC2(CCOCC2)C3c2ccc(F)cc2)ccc1-n1cnc(C)c1. The van der Waals surface area contributed by atoms with Crippen molar-refractivity contribution in [3.63, 3.8) is 0 Å². The Morgan fingerprint density at radius 3 is 2.55 bits per heavy atom. The summed E-state index contributed by atoms with van der Waals surface area (Å²) < 4.78 is 33.2. The van der Waals surface area contributed by atoms with Crippen LogP contribution in [0.5, 0.6) is 5.75 Å². The largest absolute Gasteiger partial charge is 0.495 e. The number of amidine groups is 1. The van der Waals surface area contributed by atoms with Gasteiger partial charge in [-0.3, -0.25) is 0 Å². The maximum Gasteiger partial charge on any atom is 0.172 e. The number of rotatable bonds is 4. The first kappa shape index (κ1) is 25.3. The molecule has 2 spiro atoms. The average molecular weight is 545 g/mol. The first-order valence-electron chi connectivity index (χ1n) is 13.8. The summed E-state index contributed by atoms with van der Waals surface area (Å²) in [6.45, 7) is 5.38. The standard InChI is InChI=1S/C31H33FN4O4/c1-21-16-35(20-33-21)26-8-3-22(14-27(26)37-2)13-24-15-30(18-39-19-30)17-36-28(23-4-6-25(32)7-5-23)31(40-34-29(24)36)9-11-38-12-10-31/h3-8,13-14,16,20,28H,9-12,15,17-19H2,1-2H3. The number of piperidine rings is 1. The summed E-state index contributed by atoms with van der Waals surface area (Å²) in [7, 11) is 1.68. The number of fused-ring (bicyclic) bond motifs is 1. The fourth-order valence-electron chi connectivity index (χ4n) is 6.61. The first-order valence-corrected chi connectivity index (χ1v) is 13.8. The number of benzene rings is 2. The van der Waals surface area contributed by atoms with Crippen molar-refractivity contribution in [2.75, 3.05) is 40.1 Å².